The lowest BCUT2D eigenvalue weighted by Gasteiger charge is -2.26. The maximum absolute atomic E-state index is 12.3. The number of aliphatic hydroxyl groups is 1. The monoisotopic (exact) mass is 508 g/mol. The van der Waals surface area contributed by atoms with Gasteiger partial charge in [0.1, 0.15) is 11.8 Å². The SMILES string of the molecule is C[C@@H](O)[C@H](NC(=O)c1ccc(C#CC#Cc2ccc(CNCCCN3CCOCC3)o2)cc1)C(=O)NO. The quantitative estimate of drug-likeness (QED) is 0.135. The van der Waals surface area contributed by atoms with E-state index in [1.165, 1.54) is 24.5 Å². The van der Waals surface area contributed by atoms with E-state index in [-0.39, 0.29) is 5.56 Å². The Kier molecular flexibility index (Phi) is 11.2. The van der Waals surface area contributed by atoms with Crippen LogP contribution in [0.4, 0.5) is 0 Å². The maximum Gasteiger partial charge on any atom is 0.268 e. The first-order valence-corrected chi connectivity index (χ1v) is 12.1. The van der Waals surface area contributed by atoms with Crippen molar-refractivity contribution in [3.05, 3.63) is 59.0 Å². The number of ether oxygens (including phenoxy) is 1. The summed E-state index contributed by atoms with van der Waals surface area (Å²) in [6.07, 6.45) is -0.121. The van der Waals surface area contributed by atoms with Crippen LogP contribution in [0.5, 0.6) is 0 Å². The molecule has 37 heavy (non-hydrogen) atoms. The van der Waals surface area contributed by atoms with Gasteiger partial charge in [0, 0.05) is 24.2 Å². The molecule has 10 heteroatoms. The fraction of sp³-hybridized carbons (Fsp3) is 0.407. The molecule has 196 valence electrons. The average molecular weight is 509 g/mol. The first kappa shape index (κ1) is 27.9. The van der Waals surface area contributed by atoms with Crippen molar-refractivity contribution in [1.29, 1.82) is 0 Å². The van der Waals surface area contributed by atoms with Crippen LogP contribution in [0.15, 0.2) is 40.8 Å². The zero-order chi connectivity index (χ0) is 26.5. The zero-order valence-corrected chi connectivity index (χ0v) is 20.8. The van der Waals surface area contributed by atoms with Gasteiger partial charge in [-0.05, 0) is 80.6 Å². The largest absolute Gasteiger partial charge is 0.451 e. The Bertz CT molecular complexity index is 1150. The molecule has 3 rings (SSSR count). The van der Waals surface area contributed by atoms with E-state index in [9.17, 15) is 14.7 Å². The third kappa shape index (κ3) is 9.39. The Morgan fingerprint density at radius 1 is 1.08 bits per heavy atom. The van der Waals surface area contributed by atoms with Crippen LogP contribution in [0.2, 0.25) is 0 Å². The highest BCUT2D eigenvalue weighted by Crippen LogP contribution is 2.07. The maximum atomic E-state index is 12.3. The molecule has 2 heterocycles. The van der Waals surface area contributed by atoms with Crippen LogP contribution < -0.4 is 16.1 Å². The number of amides is 2. The van der Waals surface area contributed by atoms with Crippen LogP contribution >= 0.6 is 0 Å². The summed E-state index contributed by atoms with van der Waals surface area (Å²) in [5.41, 5.74) is 2.33. The van der Waals surface area contributed by atoms with E-state index in [0.717, 1.165) is 51.6 Å². The number of furan rings is 1. The van der Waals surface area contributed by atoms with Gasteiger partial charge in [-0.25, -0.2) is 5.48 Å². The molecular formula is C27H32N4O6. The molecular weight excluding hydrogens is 476 g/mol. The fourth-order valence-electron chi connectivity index (χ4n) is 3.60. The van der Waals surface area contributed by atoms with E-state index in [2.05, 4.69) is 39.2 Å². The van der Waals surface area contributed by atoms with Crippen molar-refractivity contribution < 1.29 is 29.1 Å². The summed E-state index contributed by atoms with van der Waals surface area (Å²) in [6.45, 7) is 7.58. The molecule has 1 aliphatic rings. The molecule has 1 aromatic carbocycles. The fourth-order valence-corrected chi connectivity index (χ4v) is 3.60. The van der Waals surface area contributed by atoms with Crippen molar-refractivity contribution in [1.82, 2.24) is 21.0 Å². The van der Waals surface area contributed by atoms with E-state index < -0.39 is 24.0 Å². The van der Waals surface area contributed by atoms with Gasteiger partial charge in [-0.1, -0.05) is 5.92 Å². The van der Waals surface area contributed by atoms with Crippen molar-refractivity contribution in [2.24, 2.45) is 0 Å². The lowest BCUT2D eigenvalue weighted by molar-refractivity contribution is -0.133. The van der Waals surface area contributed by atoms with Gasteiger partial charge >= 0.3 is 0 Å². The van der Waals surface area contributed by atoms with Gasteiger partial charge in [-0.15, -0.1) is 0 Å². The van der Waals surface area contributed by atoms with Crippen LogP contribution in [-0.4, -0.2) is 78.6 Å². The lowest BCUT2D eigenvalue weighted by Crippen LogP contribution is -2.51. The van der Waals surface area contributed by atoms with E-state index in [4.69, 9.17) is 14.4 Å². The molecule has 2 atom stereocenters. The Hall–Kier alpha value is -3.64. The number of morpholine rings is 1. The molecule has 10 nitrogen and oxygen atoms in total. The zero-order valence-electron chi connectivity index (χ0n) is 20.8. The summed E-state index contributed by atoms with van der Waals surface area (Å²) in [6, 6.07) is 8.77. The molecule has 0 aliphatic carbocycles. The molecule has 0 bridgehead atoms. The standard InChI is InChI=1S/C27H32N4O6/c1-20(32)25(27(34)30-35)29-26(33)22-9-7-21(8-10-22)5-2-3-6-23-11-12-24(37-23)19-28-13-4-14-31-15-17-36-18-16-31/h7-12,20,25,28,32,35H,4,13-19H2,1H3,(H,29,33)(H,30,34)/t20-,25+/m1/s1. The number of hydroxylamine groups is 1. The minimum atomic E-state index is -1.29. The second-order valence-corrected chi connectivity index (χ2v) is 8.50. The van der Waals surface area contributed by atoms with Gasteiger partial charge in [-0.2, -0.15) is 0 Å². The van der Waals surface area contributed by atoms with E-state index in [0.29, 0.717) is 17.9 Å². The lowest BCUT2D eigenvalue weighted by atomic mass is 10.1. The Morgan fingerprint density at radius 3 is 2.51 bits per heavy atom. The molecule has 5 N–H and O–H groups in total. The minimum Gasteiger partial charge on any atom is -0.451 e. The summed E-state index contributed by atoms with van der Waals surface area (Å²) >= 11 is 0. The third-order valence-corrected chi connectivity index (χ3v) is 5.66. The summed E-state index contributed by atoms with van der Waals surface area (Å²) in [5.74, 6) is 11.1. The Balaban J connectivity index is 1.42. The van der Waals surface area contributed by atoms with Crippen LogP contribution in [0.25, 0.3) is 0 Å². The third-order valence-electron chi connectivity index (χ3n) is 5.66. The van der Waals surface area contributed by atoms with Crippen LogP contribution in [-0.2, 0) is 16.1 Å². The smallest absolute Gasteiger partial charge is 0.268 e. The van der Waals surface area contributed by atoms with Gasteiger partial charge < -0.3 is 24.9 Å². The minimum absolute atomic E-state index is 0.269. The number of nitrogens with zero attached hydrogens (tertiary/aromatic N) is 1. The van der Waals surface area contributed by atoms with Gasteiger partial charge in [0.05, 0.1) is 25.9 Å². The number of aliphatic hydroxyl groups excluding tert-OH is 1. The number of rotatable bonds is 10. The number of carbonyl (C=O) groups is 2. The van der Waals surface area contributed by atoms with Crippen LogP contribution in [0, 0.1) is 23.7 Å². The van der Waals surface area contributed by atoms with Gasteiger partial charge in [-0.3, -0.25) is 19.7 Å². The van der Waals surface area contributed by atoms with Crippen molar-refractivity contribution in [2.75, 3.05) is 39.4 Å². The molecule has 2 amide bonds. The number of carbonyl (C=O) groups excluding carboxylic acids is 2. The number of hydrogen-bond donors (Lipinski definition) is 5. The predicted molar refractivity (Wildman–Crippen MR) is 135 cm³/mol. The second-order valence-electron chi connectivity index (χ2n) is 8.50. The van der Waals surface area contributed by atoms with Crippen molar-refractivity contribution in [2.45, 2.75) is 32.0 Å². The van der Waals surface area contributed by atoms with Crippen molar-refractivity contribution in [3.8, 4) is 23.7 Å². The Labute approximate surface area is 216 Å². The highest BCUT2D eigenvalue weighted by molar-refractivity contribution is 5.97. The highest BCUT2D eigenvalue weighted by Gasteiger charge is 2.25. The molecule has 1 aliphatic heterocycles. The molecule has 2 aromatic rings. The first-order valence-electron chi connectivity index (χ1n) is 12.1. The van der Waals surface area contributed by atoms with E-state index in [1.54, 1.807) is 12.1 Å². The van der Waals surface area contributed by atoms with E-state index in [1.807, 2.05) is 12.1 Å². The first-order chi connectivity index (χ1) is 18.0. The number of nitrogens with one attached hydrogen (secondary N) is 3. The second kappa shape index (κ2) is 14.8. The topological polar surface area (TPSA) is 136 Å². The molecule has 0 saturated carbocycles. The van der Waals surface area contributed by atoms with Crippen LogP contribution in [0.1, 0.15) is 40.8 Å². The highest BCUT2D eigenvalue weighted by atomic mass is 16.5. The van der Waals surface area contributed by atoms with Crippen molar-refractivity contribution >= 4 is 11.8 Å². The average Bonchev–Trinajstić information content (AvgIpc) is 3.37. The number of hydrogen-bond acceptors (Lipinski definition) is 8. The molecule has 1 aromatic heterocycles. The summed E-state index contributed by atoms with van der Waals surface area (Å²) < 4.78 is 11.1. The summed E-state index contributed by atoms with van der Waals surface area (Å²) in [7, 11) is 0. The number of benzene rings is 1. The molecule has 1 saturated heterocycles. The Morgan fingerprint density at radius 2 is 1.81 bits per heavy atom. The van der Waals surface area contributed by atoms with Gasteiger partial charge in [0.15, 0.2) is 5.76 Å². The summed E-state index contributed by atoms with van der Waals surface area (Å²) in [5, 5.41) is 24.1. The van der Waals surface area contributed by atoms with Gasteiger partial charge in [0.25, 0.3) is 11.8 Å². The predicted octanol–water partition coefficient (Wildman–Crippen LogP) is 0.479. The normalized spacial score (nSPS) is 14.9. The molecule has 0 unspecified atom stereocenters. The van der Waals surface area contributed by atoms with Crippen LogP contribution in [0.3, 0.4) is 0 Å². The van der Waals surface area contributed by atoms with Gasteiger partial charge in [0.2, 0.25) is 0 Å². The van der Waals surface area contributed by atoms with Crippen molar-refractivity contribution in [3.63, 3.8) is 0 Å². The summed E-state index contributed by atoms with van der Waals surface area (Å²) in [4.78, 5) is 26.3. The molecule has 0 radical (unpaired) electrons. The molecule has 0 spiro atoms. The molecule has 1 fully saturated rings. The van der Waals surface area contributed by atoms with E-state index >= 15 is 0 Å².